The Labute approximate surface area is 218 Å². The van der Waals surface area contributed by atoms with Gasteiger partial charge in [0.2, 0.25) is 11.6 Å². The average molecular weight is 511 g/mol. The highest BCUT2D eigenvalue weighted by molar-refractivity contribution is 7.07. The summed E-state index contributed by atoms with van der Waals surface area (Å²) in [5, 5.41) is 3.00. The second-order valence-electron chi connectivity index (χ2n) is 9.64. The standard InChI is InChI=1S/C29H26N4O3S/c1-29-24(26(34)30-19-9-5-4-6-10-19)25(21-11-7-8-12-22(21)36-29)33-27(35)23(37-28(33)31-29)17-18-13-15-20(16-14-18)32(2)3/h4-17,24-25H,1-3H3,(H,30,34)/b23-17-/t24-,25+,29-/m1/s1. The normalized spacial score (nSPS) is 21.8. The second kappa shape index (κ2) is 8.74. The summed E-state index contributed by atoms with van der Waals surface area (Å²) in [4.78, 5) is 35.0. The van der Waals surface area contributed by atoms with Gasteiger partial charge in [-0.05, 0) is 48.9 Å². The SMILES string of the molecule is CN(C)c1ccc(/C=c2\sc3n(c2=O)[C@H]2c4ccccc4O[C@@](C)(N=3)[C@H]2C(=O)Nc2ccccc2)cc1. The molecule has 0 unspecified atom stereocenters. The molecule has 4 aromatic rings. The van der Waals surface area contributed by atoms with Crippen molar-refractivity contribution < 1.29 is 9.53 Å². The monoisotopic (exact) mass is 510 g/mol. The number of benzene rings is 3. The molecular formula is C29H26N4O3S. The first-order chi connectivity index (χ1) is 17.8. The maximum atomic E-state index is 13.8. The van der Waals surface area contributed by atoms with E-state index >= 15 is 0 Å². The lowest BCUT2D eigenvalue weighted by Gasteiger charge is -2.45. The van der Waals surface area contributed by atoms with Crippen LogP contribution in [0, 0.1) is 5.92 Å². The summed E-state index contributed by atoms with van der Waals surface area (Å²) in [5.41, 5.74) is 2.15. The number of hydrogen-bond acceptors (Lipinski definition) is 6. The predicted octanol–water partition coefficient (Wildman–Crippen LogP) is 3.39. The molecular weight excluding hydrogens is 484 g/mol. The fraction of sp³-hybridized carbons (Fsp3) is 0.207. The van der Waals surface area contributed by atoms with E-state index in [2.05, 4.69) is 5.32 Å². The topological polar surface area (TPSA) is 75.9 Å². The molecule has 1 amide bonds. The van der Waals surface area contributed by atoms with Gasteiger partial charge in [0.1, 0.15) is 11.7 Å². The minimum atomic E-state index is -1.17. The molecule has 3 heterocycles. The summed E-state index contributed by atoms with van der Waals surface area (Å²) < 4.78 is 8.60. The molecule has 3 aromatic carbocycles. The van der Waals surface area contributed by atoms with Crippen molar-refractivity contribution in [2.24, 2.45) is 10.9 Å². The van der Waals surface area contributed by atoms with Crippen molar-refractivity contribution in [1.82, 2.24) is 4.57 Å². The third kappa shape index (κ3) is 3.94. The lowest BCUT2D eigenvalue weighted by atomic mass is 9.80. The quantitative estimate of drug-likeness (QED) is 0.457. The van der Waals surface area contributed by atoms with Crippen LogP contribution in [-0.2, 0) is 4.79 Å². The molecule has 7 nitrogen and oxygen atoms in total. The highest BCUT2D eigenvalue weighted by atomic mass is 32.1. The highest BCUT2D eigenvalue weighted by Crippen LogP contribution is 2.47. The number of para-hydroxylation sites is 2. The Balaban J connectivity index is 1.50. The van der Waals surface area contributed by atoms with Crippen molar-refractivity contribution >= 4 is 34.7 Å². The van der Waals surface area contributed by atoms with Crippen LogP contribution in [-0.4, -0.2) is 30.3 Å². The van der Waals surface area contributed by atoms with Crippen molar-refractivity contribution in [1.29, 1.82) is 0 Å². The number of rotatable bonds is 4. The van der Waals surface area contributed by atoms with E-state index in [0.717, 1.165) is 16.8 Å². The van der Waals surface area contributed by atoms with Crippen LogP contribution in [0.2, 0.25) is 0 Å². The molecule has 3 atom stereocenters. The van der Waals surface area contributed by atoms with Gasteiger partial charge in [-0.2, -0.15) is 0 Å². The number of carbonyl (C=O) groups is 1. The van der Waals surface area contributed by atoms with E-state index in [4.69, 9.17) is 9.73 Å². The fourth-order valence-corrected chi connectivity index (χ4v) is 6.20. The van der Waals surface area contributed by atoms with Gasteiger partial charge in [0.25, 0.3) is 5.56 Å². The molecule has 0 radical (unpaired) electrons. The molecule has 2 bridgehead atoms. The van der Waals surface area contributed by atoms with Crippen molar-refractivity contribution in [3.05, 3.63) is 110 Å². The first kappa shape index (κ1) is 23.2. The average Bonchev–Trinajstić information content (AvgIpc) is 3.17. The maximum absolute atomic E-state index is 13.8. The van der Waals surface area contributed by atoms with Crippen LogP contribution >= 0.6 is 11.3 Å². The third-order valence-corrected chi connectivity index (χ3v) is 7.89. The van der Waals surface area contributed by atoms with Crippen molar-refractivity contribution in [2.45, 2.75) is 18.7 Å². The van der Waals surface area contributed by atoms with Crippen LogP contribution in [0.15, 0.2) is 88.6 Å². The van der Waals surface area contributed by atoms with Gasteiger partial charge >= 0.3 is 0 Å². The number of nitrogens with zero attached hydrogens (tertiary/aromatic N) is 3. The number of amides is 1. The van der Waals surface area contributed by atoms with Crippen LogP contribution in [0.3, 0.4) is 0 Å². The summed E-state index contributed by atoms with van der Waals surface area (Å²) >= 11 is 1.32. The van der Waals surface area contributed by atoms with Crippen molar-refractivity contribution in [3.63, 3.8) is 0 Å². The van der Waals surface area contributed by atoms with Gasteiger partial charge in [0.15, 0.2) is 4.80 Å². The molecule has 1 N–H and O–H groups in total. The molecule has 0 saturated carbocycles. The minimum Gasteiger partial charge on any atom is -0.465 e. The Hall–Kier alpha value is -4.17. The fourth-order valence-electron chi connectivity index (χ4n) is 5.10. The number of ether oxygens (including phenoxy) is 1. The number of fused-ring (bicyclic) bond motifs is 6. The Morgan fingerprint density at radius 1 is 1.05 bits per heavy atom. The molecule has 6 rings (SSSR count). The molecule has 2 aliphatic rings. The summed E-state index contributed by atoms with van der Waals surface area (Å²) in [5.74, 6) is -0.351. The molecule has 0 spiro atoms. The smallest absolute Gasteiger partial charge is 0.270 e. The number of anilines is 2. The largest absolute Gasteiger partial charge is 0.465 e. The van der Waals surface area contributed by atoms with E-state index in [1.165, 1.54) is 11.3 Å². The van der Waals surface area contributed by atoms with E-state index in [0.29, 0.717) is 20.8 Å². The van der Waals surface area contributed by atoms with Gasteiger partial charge in [0, 0.05) is 31.0 Å². The zero-order chi connectivity index (χ0) is 25.7. The summed E-state index contributed by atoms with van der Waals surface area (Å²) in [7, 11) is 3.98. The molecule has 1 aromatic heterocycles. The van der Waals surface area contributed by atoms with E-state index in [1.807, 2.05) is 111 Å². The van der Waals surface area contributed by atoms with E-state index < -0.39 is 17.7 Å². The van der Waals surface area contributed by atoms with Crippen LogP contribution in [0.5, 0.6) is 5.75 Å². The zero-order valence-corrected chi connectivity index (χ0v) is 21.5. The molecule has 2 aliphatic heterocycles. The Kier molecular flexibility index (Phi) is 5.49. The van der Waals surface area contributed by atoms with E-state index in [-0.39, 0.29) is 11.5 Å². The molecule has 8 heteroatoms. The molecule has 0 aliphatic carbocycles. The number of aromatic nitrogens is 1. The van der Waals surface area contributed by atoms with Crippen molar-refractivity contribution in [2.75, 3.05) is 24.3 Å². The van der Waals surface area contributed by atoms with Crippen LogP contribution in [0.4, 0.5) is 11.4 Å². The lowest BCUT2D eigenvalue weighted by Crippen LogP contribution is -2.59. The van der Waals surface area contributed by atoms with E-state index in [1.54, 1.807) is 4.57 Å². The minimum absolute atomic E-state index is 0.165. The van der Waals surface area contributed by atoms with Gasteiger partial charge in [-0.1, -0.05) is 59.9 Å². The third-order valence-electron chi connectivity index (χ3n) is 6.91. The van der Waals surface area contributed by atoms with Crippen molar-refractivity contribution in [3.8, 4) is 5.75 Å². The highest BCUT2D eigenvalue weighted by Gasteiger charge is 2.55. The second-order valence-corrected chi connectivity index (χ2v) is 10.6. The van der Waals surface area contributed by atoms with Crippen LogP contribution in [0.25, 0.3) is 6.08 Å². The molecule has 37 heavy (non-hydrogen) atoms. The van der Waals surface area contributed by atoms with Gasteiger partial charge in [-0.15, -0.1) is 0 Å². The number of hydrogen-bond donors (Lipinski definition) is 1. The maximum Gasteiger partial charge on any atom is 0.270 e. The molecule has 0 fully saturated rings. The van der Waals surface area contributed by atoms with E-state index in [9.17, 15) is 9.59 Å². The molecule has 0 saturated heterocycles. The number of nitrogens with one attached hydrogen (secondary N) is 1. The van der Waals surface area contributed by atoms with Crippen LogP contribution in [0.1, 0.15) is 24.1 Å². The summed E-state index contributed by atoms with van der Waals surface area (Å²) in [6, 6.07) is 24.3. The Morgan fingerprint density at radius 3 is 2.49 bits per heavy atom. The zero-order valence-electron chi connectivity index (χ0n) is 20.7. The van der Waals surface area contributed by atoms with Gasteiger partial charge in [-0.25, -0.2) is 4.99 Å². The first-order valence-electron chi connectivity index (χ1n) is 12.1. The number of carbonyl (C=O) groups excluding carboxylic acids is 1. The first-order valence-corrected chi connectivity index (χ1v) is 12.9. The van der Waals surface area contributed by atoms with Gasteiger partial charge in [-0.3, -0.25) is 14.2 Å². The summed E-state index contributed by atoms with van der Waals surface area (Å²) in [6.45, 7) is 1.82. The molecule has 186 valence electrons. The Morgan fingerprint density at radius 2 is 1.76 bits per heavy atom. The summed E-state index contributed by atoms with van der Waals surface area (Å²) in [6.07, 6.45) is 1.88. The Bertz CT molecular complexity index is 1670. The lowest BCUT2D eigenvalue weighted by molar-refractivity contribution is -0.131. The van der Waals surface area contributed by atoms with Crippen LogP contribution < -0.4 is 29.8 Å². The van der Waals surface area contributed by atoms with Gasteiger partial charge in [0.05, 0.1) is 10.6 Å². The predicted molar refractivity (Wildman–Crippen MR) is 146 cm³/mol. The van der Waals surface area contributed by atoms with Gasteiger partial charge < -0.3 is 15.0 Å². The number of thiazole rings is 1.